The van der Waals surface area contributed by atoms with Gasteiger partial charge >= 0.3 is 5.97 Å². The first kappa shape index (κ1) is 17.7. The summed E-state index contributed by atoms with van der Waals surface area (Å²) in [5, 5.41) is 0. The number of ether oxygens (including phenoxy) is 2. The average Bonchev–Trinajstić information content (AvgIpc) is 2.52. The molecule has 128 valence electrons. The minimum Gasteiger partial charge on any atom is -0.493 e. The molecule has 0 radical (unpaired) electrons. The summed E-state index contributed by atoms with van der Waals surface area (Å²) in [5.74, 6) is 0.786. The molecule has 0 fully saturated rings. The van der Waals surface area contributed by atoms with Crippen molar-refractivity contribution in [2.45, 2.75) is 27.7 Å². The number of aryl methyl sites for hydroxylation is 1. The molecule has 2 N–H and O–H groups in total. The van der Waals surface area contributed by atoms with Gasteiger partial charge in [-0.25, -0.2) is 14.8 Å². The number of benzene rings is 1. The largest absolute Gasteiger partial charge is 0.493 e. The van der Waals surface area contributed by atoms with E-state index in [0.717, 1.165) is 5.56 Å². The Morgan fingerprint density at radius 2 is 2.04 bits per heavy atom. The van der Waals surface area contributed by atoms with E-state index in [2.05, 4.69) is 23.8 Å². The van der Waals surface area contributed by atoms with Gasteiger partial charge in [0.2, 0.25) is 5.95 Å². The Balaban J connectivity index is 2.47. The number of esters is 1. The third kappa shape index (κ3) is 4.22. The number of anilines is 1. The molecule has 0 amide bonds. The van der Waals surface area contributed by atoms with Crippen LogP contribution in [0.25, 0.3) is 11.3 Å². The fourth-order valence-corrected chi connectivity index (χ4v) is 2.25. The van der Waals surface area contributed by atoms with Crippen LogP contribution in [-0.4, -0.2) is 29.2 Å². The molecular weight excluding hydrogens is 306 g/mol. The van der Waals surface area contributed by atoms with E-state index in [9.17, 15) is 4.79 Å². The molecule has 0 saturated carbocycles. The number of carbonyl (C=O) groups excluding carboxylic acids is 1. The molecule has 1 aromatic heterocycles. The van der Waals surface area contributed by atoms with E-state index in [4.69, 9.17) is 15.2 Å². The first-order valence-electron chi connectivity index (χ1n) is 7.96. The van der Waals surface area contributed by atoms with E-state index < -0.39 is 5.97 Å². The summed E-state index contributed by atoms with van der Waals surface area (Å²) in [6.45, 7) is 8.52. The van der Waals surface area contributed by atoms with Gasteiger partial charge < -0.3 is 15.2 Å². The highest BCUT2D eigenvalue weighted by Gasteiger charge is 2.20. The molecule has 1 aromatic carbocycles. The van der Waals surface area contributed by atoms with Crippen molar-refractivity contribution in [1.82, 2.24) is 9.97 Å². The zero-order valence-corrected chi connectivity index (χ0v) is 14.5. The molecule has 6 nitrogen and oxygen atoms in total. The van der Waals surface area contributed by atoms with Crippen molar-refractivity contribution in [3.05, 3.63) is 35.5 Å². The summed E-state index contributed by atoms with van der Waals surface area (Å²) in [6.07, 6.45) is 0. The topological polar surface area (TPSA) is 87.3 Å². The molecular formula is C18H23N3O3. The highest BCUT2D eigenvalue weighted by molar-refractivity contribution is 5.97. The molecule has 24 heavy (non-hydrogen) atoms. The second kappa shape index (κ2) is 7.77. The van der Waals surface area contributed by atoms with Crippen molar-refractivity contribution in [2.75, 3.05) is 18.9 Å². The van der Waals surface area contributed by atoms with Crippen molar-refractivity contribution in [2.24, 2.45) is 5.92 Å². The van der Waals surface area contributed by atoms with Gasteiger partial charge in [0.25, 0.3) is 0 Å². The van der Waals surface area contributed by atoms with E-state index in [0.29, 0.717) is 35.2 Å². The molecule has 0 aliphatic rings. The Morgan fingerprint density at radius 1 is 1.29 bits per heavy atom. The predicted octanol–water partition coefficient (Wildman–Crippen LogP) is 3.25. The predicted molar refractivity (Wildman–Crippen MR) is 92.9 cm³/mol. The van der Waals surface area contributed by atoms with Crippen LogP contribution in [0.4, 0.5) is 5.95 Å². The van der Waals surface area contributed by atoms with Gasteiger partial charge in [-0.3, -0.25) is 0 Å². The fraction of sp³-hybridized carbons (Fsp3) is 0.389. The lowest BCUT2D eigenvalue weighted by Crippen LogP contribution is -2.13. The Labute approximate surface area is 142 Å². The summed E-state index contributed by atoms with van der Waals surface area (Å²) in [4.78, 5) is 20.6. The van der Waals surface area contributed by atoms with Gasteiger partial charge in [0.1, 0.15) is 11.3 Å². The van der Waals surface area contributed by atoms with E-state index >= 15 is 0 Å². The van der Waals surface area contributed by atoms with Gasteiger partial charge in [-0.1, -0.05) is 26.0 Å². The van der Waals surface area contributed by atoms with Gasteiger partial charge in [0, 0.05) is 5.56 Å². The van der Waals surface area contributed by atoms with Gasteiger partial charge in [-0.15, -0.1) is 0 Å². The number of nitrogen functional groups attached to an aromatic ring is 1. The molecule has 0 atom stereocenters. The van der Waals surface area contributed by atoms with E-state index in [1.807, 2.05) is 24.3 Å². The number of nitrogens with zero attached hydrogens (tertiary/aromatic N) is 2. The molecule has 0 aliphatic heterocycles. The first-order valence-corrected chi connectivity index (χ1v) is 7.96. The number of aromatic nitrogens is 2. The molecule has 0 saturated heterocycles. The molecule has 0 spiro atoms. The lowest BCUT2D eigenvalue weighted by Gasteiger charge is -2.13. The van der Waals surface area contributed by atoms with E-state index in [1.165, 1.54) is 0 Å². The number of carbonyl (C=O) groups is 1. The van der Waals surface area contributed by atoms with Crippen molar-refractivity contribution >= 4 is 11.9 Å². The fourth-order valence-electron chi connectivity index (χ4n) is 2.25. The molecule has 0 bridgehead atoms. The number of rotatable bonds is 6. The second-order valence-corrected chi connectivity index (χ2v) is 5.84. The number of hydrogen-bond donors (Lipinski definition) is 1. The third-order valence-corrected chi connectivity index (χ3v) is 3.28. The molecule has 0 unspecified atom stereocenters. The SMILES string of the molecule is CCOC(=O)c1c(C)nc(N)nc1-c1cccc(OCC(C)C)c1. The standard InChI is InChI=1S/C18H23N3O3/c1-5-23-17(22)15-12(4)20-18(19)21-16(15)13-7-6-8-14(9-13)24-10-11(2)3/h6-9,11H,5,10H2,1-4H3,(H2,19,20,21). The minimum atomic E-state index is -0.460. The highest BCUT2D eigenvalue weighted by atomic mass is 16.5. The summed E-state index contributed by atoms with van der Waals surface area (Å²) >= 11 is 0. The van der Waals surface area contributed by atoms with Gasteiger partial charge in [-0.05, 0) is 31.9 Å². The van der Waals surface area contributed by atoms with Crippen LogP contribution in [0.5, 0.6) is 5.75 Å². The van der Waals surface area contributed by atoms with E-state index in [-0.39, 0.29) is 12.6 Å². The normalized spacial score (nSPS) is 10.7. The molecule has 6 heteroatoms. The quantitative estimate of drug-likeness (QED) is 0.819. The lowest BCUT2D eigenvalue weighted by molar-refractivity contribution is 0.0525. The monoisotopic (exact) mass is 329 g/mol. The van der Waals surface area contributed by atoms with Gasteiger partial charge in [0.15, 0.2) is 0 Å². The first-order chi connectivity index (χ1) is 11.4. The van der Waals surface area contributed by atoms with Crippen LogP contribution in [0.3, 0.4) is 0 Å². The van der Waals surface area contributed by atoms with Crippen molar-refractivity contribution < 1.29 is 14.3 Å². The van der Waals surface area contributed by atoms with Crippen LogP contribution in [-0.2, 0) is 4.74 Å². The van der Waals surface area contributed by atoms with Crippen LogP contribution >= 0.6 is 0 Å². The zero-order valence-electron chi connectivity index (χ0n) is 14.5. The number of nitrogens with two attached hydrogens (primary N) is 1. The van der Waals surface area contributed by atoms with Crippen LogP contribution < -0.4 is 10.5 Å². The summed E-state index contributed by atoms with van der Waals surface area (Å²) in [5.41, 5.74) is 7.77. The van der Waals surface area contributed by atoms with Gasteiger partial charge in [0.05, 0.1) is 24.6 Å². The molecule has 0 aliphatic carbocycles. The molecule has 1 heterocycles. The number of hydrogen-bond acceptors (Lipinski definition) is 6. The maximum Gasteiger partial charge on any atom is 0.342 e. The maximum absolute atomic E-state index is 12.3. The van der Waals surface area contributed by atoms with Gasteiger partial charge in [-0.2, -0.15) is 0 Å². The van der Waals surface area contributed by atoms with Crippen molar-refractivity contribution in [1.29, 1.82) is 0 Å². The maximum atomic E-state index is 12.3. The Hall–Kier alpha value is -2.63. The minimum absolute atomic E-state index is 0.115. The average molecular weight is 329 g/mol. The summed E-state index contributed by atoms with van der Waals surface area (Å²) in [6, 6.07) is 7.42. The molecule has 2 rings (SSSR count). The van der Waals surface area contributed by atoms with E-state index in [1.54, 1.807) is 13.8 Å². The van der Waals surface area contributed by atoms with Crippen LogP contribution in [0.15, 0.2) is 24.3 Å². The second-order valence-electron chi connectivity index (χ2n) is 5.84. The summed E-state index contributed by atoms with van der Waals surface area (Å²) in [7, 11) is 0. The Kier molecular flexibility index (Phi) is 5.73. The van der Waals surface area contributed by atoms with Crippen LogP contribution in [0, 0.1) is 12.8 Å². The zero-order chi connectivity index (χ0) is 17.7. The third-order valence-electron chi connectivity index (χ3n) is 3.28. The van der Waals surface area contributed by atoms with Crippen LogP contribution in [0.1, 0.15) is 36.8 Å². The molecule has 2 aromatic rings. The van der Waals surface area contributed by atoms with Crippen molar-refractivity contribution in [3.8, 4) is 17.0 Å². The lowest BCUT2D eigenvalue weighted by atomic mass is 10.0. The Morgan fingerprint density at radius 3 is 2.71 bits per heavy atom. The smallest absolute Gasteiger partial charge is 0.342 e. The van der Waals surface area contributed by atoms with Crippen molar-refractivity contribution in [3.63, 3.8) is 0 Å². The summed E-state index contributed by atoms with van der Waals surface area (Å²) < 4.78 is 10.9. The van der Waals surface area contributed by atoms with Crippen LogP contribution in [0.2, 0.25) is 0 Å². The Bertz CT molecular complexity index is 729. The highest BCUT2D eigenvalue weighted by Crippen LogP contribution is 2.28.